The predicted molar refractivity (Wildman–Crippen MR) is 102 cm³/mol. The number of hydrogen-bond donors (Lipinski definition) is 2. The first-order valence-corrected chi connectivity index (χ1v) is 9.55. The van der Waals surface area contributed by atoms with Crippen molar-refractivity contribution in [2.45, 2.75) is 50.7 Å². The van der Waals surface area contributed by atoms with E-state index in [4.69, 9.17) is 9.84 Å². The van der Waals surface area contributed by atoms with Gasteiger partial charge in [0.1, 0.15) is 6.61 Å². The minimum Gasteiger partial charge on any atom is -0.480 e. The number of piperidine rings is 1. The maximum Gasteiger partial charge on any atom is 0.329 e. The molecule has 1 aromatic rings. The Labute approximate surface area is 160 Å². The van der Waals surface area contributed by atoms with Crippen molar-refractivity contribution < 1.29 is 24.5 Å². The van der Waals surface area contributed by atoms with E-state index in [0.29, 0.717) is 32.4 Å². The van der Waals surface area contributed by atoms with Gasteiger partial charge in [0.15, 0.2) is 0 Å². The van der Waals surface area contributed by atoms with Crippen molar-refractivity contribution in [1.82, 2.24) is 4.90 Å². The van der Waals surface area contributed by atoms with E-state index < -0.39 is 12.1 Å². The Morgan fingerprint density at radius 3 is 2.81 bits per heavy atom. The molecule has 0 saturated carbocycles. The third-order valence-electron chi connectivity index (χ3n) is 4.62. The van der Waals surface area contributed by atoms with Gasteiger partial charge >= 0.3 is 5.97 Å². The van der Waals surface area contributed by atoms with E-state index in [9.17, 15) is 14.7 Å². The molecule has 6 nitrogen and oxygen atoms in total. The molecule has 1 aromatic carbocycles. The molecule has 0 aromatic heterocycles. The van der Waals surface area contributed by atoms with Gasteiger partial charge < -0.3 is 19.8 Å². The Hall–Kier alpha value is -2.18. The third-order valence-corrected chi connectivity index (χ3v) is 4.62. The summed E-state index contributed by atoms with van der Waals surface area (Å²) in [5.41, 5.74) is 1.08. The van der Waals surface area contributed by atoms with Gasteiger partial charge in [-0.05, 0) is 31.2 Å². The molecular weight excluding hydrogens is 346 g/mol. The highest BCUT2D eigenvalue weighted by Gasteiger charge is 2.25. The number of hydrogen-bond acceptors (Lipinski definition) is 4. The van der Waals surface area contributed by atoms with Crippen LogP contribution < -0.4 is 0 Å². The summed E-state index contributed by atoms with van der Waals surface area (Å²) in [5.74, 6) is -0.833. The van der Waals surface area contributed by atoms with E-state index in [2.05, 4.69) is 0 Å². The molecule has 1 heterocycles. The van der Waals surface area contributed by atoms with Crippen molar-refractivity contribution in [3.63, 3.8) is 0 Å². The average molecular weight is 375 g/mol. The Kier molecular flexibility index (Phi) is 9.01. The van der Waals surface area contributed by atoms with Crippen LogP contribution in [0.2, 0.25) is 0 Å². The number of aliphatic carboxylic acids is 1. The number of carboxylic acid groups (broad SMARTS) is 1. The van der Waals surface area contributed by atoms with Crippen molar-refractivity contribution in [1.29, 1.82) is 0 Å². The fourth-order valence-electron chi connectivity index (χ4n) is 3.26. The normalized spacial score (nSPS) is 18.8. The minimum absolute atomic E-state index is 0.0108. The number of ether oxygens (including phenoxy) is 1. The second kappa shape index (κ2) is 11.5. The lowest BCUT2D eigenvalue weighted by atomic mass is 9.99. The second-order valence-electron chi connectivity index (χ2n) is 6.84. The zero-order chi connectivity index (χ0) is 19.5. The summed E-state index contributed by atoms with van der Waals surface area (Å²) in [6.45, 7) is 0.719. The molecule has 148 valence electrons. The number of aliphatic hydroxyl groups excluding tert-OH is 1. The number of amides is 1. The van der Waals surface area contributed by atoms with Crippen molar-refractivity contribution in [3.05, 3.63) is 48.0 Å². The number of likely N-dealkylation sites (tertiary alicyclic amines) is 1. The number of carboxylic acids is 1. The highest BCUT2D eigenvalue weighted by atomic mass is 16.5. The number of carbonyl (C=O) groups is 2. The number of unbranched alkanes of at least 4 members (excludes halogenated alkanes) is 1. The van der Waals surface area contributed by atoms with Gasteiger partial charge in [0.25, 0.3) is 0 Å². The van der Waals surface area contributed by atoms with E-state index in [-0.39, 0.29) is 18.6 Å². The van der Waals surface area contributed by atoms with Crippen molar-refractivity contribution in [2.75, 3.05) is 19.8 Å². The SMILES string of the molecule is O=C(O)COCCCCN1C(=O)CCC[C@@H]1C=CC(O)Cc1ccccc1. The third kappa shape index (κ3) is 7.93. The van der Waals surface area contributed by atoms with Crippen LogP contribution in [0.3, 0.4) is 0 Å². The van der Waals surface area contributed by atoms with Gasteiger partial charge in [-0.15, -0.1) is 0 Å². The summed E-state index contributed by atoms with van der Waals surface area (Å²) in [5, 5.41) is 18.8. The fourth-order valence-corrected chi connectivity index (χ4v) is 3.26. The Bertz CT molecular complexity index is 616. The topological polar surface area (TPSA) is 87.1 Å². The summed E-state index contributed by atoms with van der Waals surface area (Å²) in [6, 6.07) is 9.83. The molecule has 27 heavy (non-hydrogen) atoms. The van der Waals surface area contributed by atoms with Gasteiger partial charge in [0.2, 0.25) is 5.91 Å². The highest BCUT2D eigenvalue weighted by molar-refractivity contribution is 5.77. The molecule has 2 N–H and O–H groups in total. The summed E-state index contributed by atoms with van der Waals surface area (Å²) >= 11 is 0. The molecule has 0 radical (unpaired) electrons. The molecule has 2 atom stereocenters. The molecular formula is C21H29NO5. The molecule has 0 bridgehead atoms. The minimum atomic E-state index is -0.972. The van der Waals surface area contributed by atoms with Crippen LogP contribution in [0, 0.1) is 0 Å². The van der Waals surface area contributed by atoms with E-state index in [1.165, 1.54) is 0 Å². The highest BCUT2D eigenvalue weighted by Crippen LogP contribution is 2.20. The summed E-state index contributed by atoms with van der Waals surface area (Å²) in [4.78, 5) is 24.5. The smallest absolute Gasteiger partial charge is 0.329 e. The fraction of sp³-hybridized carbons (Fsp3) is 0.524. The zero-order valence-electron chi connectivity index (χ0n) is 15.6. The monoisotopic (exact) mass is 375 g/mol. The average Bonchev–Trinajstić information content (AvgIpc) is 2.65. The van der Waals surface area contributed by atoms with Gasteiger partial charge in [0.05, 0.1) is 12.1 Å². The lowest BCUT2D eigenvalue weighted by Gasteiger charge is -2.34. The van der Waals surface area contributed by atoms with Crippen LogP contribution in [-0.2, 0) is 20.7 Å². The Balaban J connectivity index is 1.79. The summed E-state index contributed by atoms with van der Waals surface area (Å²) in [7, 11) is 0. The van der Waals surface area contributed by atoms with Gasteiger partial charge in [-0.3, -0.25) is 4.79 Å². The molecule has 1 fully saturated rings. The molecule has 1 aliphatic heterocycles. The predicted octanol–water partition coefficient (Wildman–Crippen LogP) is 2.41. The van der Waals surface area contributed by atoms with Crippen molar-refractivity contribution in [2.24, 2.45) is 0 Å². The quantitative estimate of drug-likeness (QED) is 0.458. The number of nitrogens with zero attached hydrogens (tertiary/aromatic N) is 1. The standard InChI is InChI=1S/C21H29NO5/c23-19(15-17-7-2-1-3-8-17)12-11-18-9-6-10-20(24)22(18)13-4-5-14-27-16-21(25)26/h1-3,7-8,11-12,18-19,23H,4-6,9-10,13-16H2,(H,25,26)/t18-,19?/m1/s1. The first-order valence-electron chi connectivity index (χ1n) is 9.55. The molecule has 0 aliphatic carbocycles. The first-order chi connectivity index (χ1) is 13.1. The number of benzene rings is 1. The van der Waals surface area contributed by atoms with E-state index in [0.717, 1.165) is 24.8 Å². The van der Waals surface area contributed by atoms with Crippen LogP contribution in [0.5, 0.6) is 0 Å². The lowest BCUT2D eigenvalue weighted by molar-refractivity contribution is -0.142. The van der Waals surface area contributed by atoms with Crippen LogP contribution >= 0.6 is 0 Å². The molecule has 1 amide bonds. The molecule has 1 aliphatic rings. The first kappa shape index (κ1) is 21.1. The maximum absolute atomic E-state index is 12.3. The van der Waals surface area contributed by atoms with Gasteiger partial charge in [-0.25, -0.2) is 4.79 Å². The molecule has 2 rings (SSSR count). The Morgan fingerprint density at radius 2 is 2.07 bits per heavy atom. The molecule has 6 heteroatoms. The van der Waals surface area contributed by atoms with Crippen molar-refractivity contribution in [3.8, 4) is 0 Å². The van der Waals surface area contributed by atoms with Crippen LogP contribution in [0.1, 0.15) is 37.7 Å². The van der Waals surface area contributed by atoms with Crippen LogP contribution in [0.25, 0.3) is 0 Å². The number of aliphatic hydroxyl groups is 1. The lowest BCUT2D eigenvalue weighted by Crippen LogP contribution is -2.43. The van der Waals surface area contributed by atoms with E-state index in [1.54, 1.807) is 6.08 Å². The largest absolute Gasteiger partial charge is 0.480 e. The second-order valence-corrected chi connectivity index (χ2v) is 6.84. The van der Waals surface area contributed by atoms with Gasteiger partial charge in [0, 0.05) is 26.0 Å². The van der Waals surface area contributed by atoms with Gasteiger partial charge in [-0.1, -0.05) is 42.5 Å². The maximum atomic E-state index is 12.3. The van der Waals surface area contributed by atoms with Crippen molar-refractivity contribution >= 4 is 11.9 Å². The summed E-state index contributed by atoms with van der Waals surface area (Å²) < 4.78 is 5.02. The zero-order valence-corrected chi connectivity index (χ0v) is 15.6. The summed E-state index contributed by atoms with van der Waals surface area (Å²) in [6.07, 6.45) is 7.52. The van der Waals surface area contributed by atoms with E-state index in [1.807, 2.05) is 41.3 Å². The van der Waals surface area contributed by atoms with Crippen LogP contribution in [0.4, 0.5) is 0 Å². The molecule has 0 spiro atoms. The number of carbonyl (C=O) groups excluding carboxylic acids is 1. The van der Waals surface area contributed by atoms with E-state index >= 15 is 0 Å². The van der Waals surface area contributed by atoms with Gasteiger partial charge in [-0.2, -0.15) is 0 Å². The number of rotatable bonds is 11. The van der Waals surface area contributed by atoms with Crippen LogP contribution in [-0.4, -0.2) is 58.9 Å². The molecule has 1 saturated heterocycles. The van der Waals surface area contributed by atoms with Crippen LogP contribution in [0.15, 0.2) is 42.5 Å². The molecule has 1 unspecified atom stereocenters. The Morgan fingerprint density at radius 1 is 1.30 bits per heavy atom.